The SMILES string of the molecule is CC(C)NCCc1nnc(-c2ccoc2Cl)s1. The highest BCUT2D eigenvalue weighted by molar-refractivity contribution is 7.14. The second-order valence-electron chi connectivity index (χ2n) is 3.97. The number of aromatic nitrogens is 2. The molecule has 17 heavy (non-hydrogen) atoms. The van der Waals surface area contributed by atoms with Gasteiger partial charge < -0.3 is 9.73 Å². The highest BCUT2D eigenvalue weighted by Gasteiger charge is 2.12. The van der Waals surface area contributed by atoms with Crippen LogP contribution in [0.2, 0.25) is 5.22 Å². The van der Waals surface area contributed by atoms with Crippen molar-refractivity contribution in [2.75, 3.05) is 6.54 Å². The van der Waals surface area contributed by atoms with E-state index < -0.39 is 0 Å². The molecule has 92 valence electrons. The molecule has 2 rings (SSSR count). The standard InChI is InChI=1S/C11H14ClN3OS/c1-7(2)13-5-3-9-14-15-11(17-9)8-4-6-16-10(8)12/h4,6-7,13H,3,5H2,1-2H3. The molecule has 0 unspecified atom stereocenters. The Kier molecular flexibility index (Phi) is 4.15. The molecule has 1 N–H and O–H groups in total. The Morgan fingerprint density at radius 1 is 1.47 bits per heavy atom. The van der Waals surface area contributed by atoms with Crippen LogP contribution in [0.4, 0.5) is 0 Å². The zero-order valence-electron chi connectivity index (χ0n) is 9.74. The van der Waals surface area contributed by atoms with E-state index in [1.54, 1.807) is 23.7 Å². The summed E-state index contributed by atoms with van der Waals surface area (Å²) in [6.45, 7) is 5.15. The Balaban J connectivity index is 1.99. The van der Waals surface area contributed by atoms with Crippen LogP contribution in [-0.2, 0) is 6.42 Å². The van der Waals surface area contributed by atoms with Gasteiger partial charge in [-0.3, -0.25) is 0 Å². The van der Waals surface area contributed by atoms with E-state index in [0.29, 0.717) is 11.3 Å². The van der Waals surface area contributed by atoms with E-state index in [1.807, 2.05) is 0 Å². The van der Waals surface area contributed by atoms with E-state index in [-0.39, 0.29) is 0 Å². The Morgan fingerprint density at radius 2 is 2.29 bits per heavy atom. The van der Waals surface area contributed by atoms with Gasteiger partial charge in [-0.25, -0.2) is 0 Å². The largest absolute Gasteiger partial charge is 0.452 e. The minimum absolute atomic E-state index is 0.369. The maximum Gasteiger partial charge on any atom is 0.203 e. The summed E-state index contributed by atoms with van der Waals surface area (Å²) >= 11 is 7.44. The summed E-state index contributed by atoms with van der Waals surface area (Å²) < 4.78 is 5.03. The van der Waals surface area contributed by atoms with E-state index >= 15 is 0 Å². The normalized spacial score (nSPS) is 11.3. The molecule has 6 heteroatoms. The van der Waals surface area contributed by atoms with Crippen molar-refractivity contribution < 1.29 is 4.42 Å². The van der Waals surface area contributed by atoms with Gasteiger partial charge in [0.25, 0.3) is 0 Å². The maximum atomic E-state index is 5.89. The number of nitrogens with zero attached hydrogens (tertiary/aromatic N) is 2. The molecule has 0 amide bonds. The van der Waals surface area contributed by atoms with Crippen molar-refractivity contribution in [2.24, 2.45) is 0 Å². The van der Waals surface area contributed by atoms with E-state index in [2.05, 4.69) is 29.4 Å². The maximum absolute atomic E-state index is 5.89. The zero-order chi connectivity index (χ0) is 12.3. The van der Waals surface area contributed by atoms with E-state index in [1.165, 1.54) is 0 Å². The van der Waals surface area contributed by atoms with Crippen molar-refractivity contribution in [1.82, 2.24) is 15.5 Å². The predicted octanol–water partition coefficient (Wildman–Crippen LogP) is 2.99. The van der Waals surface area contributed by atoms with Crippen LogP contribution < -0.4 is 5.32 Å². The topological polar surface area (TPSA) is 51.0 Å². The molecule has 0 spiro atoms. The quantitative estimate of drug-likeness (QED) is 0.908. The van der Waals surface area contributed by atoms with Gasteiger partial charge in [-0.15, -0.1) is 10.2 Å². The minimum Gasteiger partial charge on any atom is -0.452 e. The summed E-state index contributed by atoms with van der Waals surface area (Å²) in [6, 6.07) is 2.30. The lowest BCUT2D eigenvalue weighted by Gasteiger charge is -2.04. The molecule has 0 aliphatic rings. The van der Waals surface area contributed by atoms with Crippen molar-refractivity contribution in [3.05, 3.63) is 22.6 Å². The van der Waals surface area contributed by atoms with Crippen molar-refractivity contribution >= 4 is 22.9 Å². The molecule has 0 saturated heterocycles. The van der Waals surface area contributed by atoms with Gasteiger partial charge in [-0.2, -0.15) is 0 Å². The summed E-state index contributed by atoms with van der Waals surface area (Å²) in [5.74, 6) is 0. The fraction of sp³-hybridized carbons (Fsp3) is 0.455. The molecule has 2 heterocycles. The lowest BCUT2D eigenvalue weighted by molar-refractivity contribution is 0.570. The van der Waals surface area contributed by atoms with Gasteiger partial charge in [-0.1, -0.05) is 25.2 Å². The molecule has 0 aliphatic carbocycles. The molecular weight excluding hydrogens is 258 g/mol. The third kappa shape index (κ3) is 3.28. The predicted molar refractivity (Wildman–Crippen MR) is 69.5 cm³/mol. The molecule has 0 radical (unpaired) electrons. The number of hydrogen-bond donors (Lipinski definition) is 1. The molecule has 2 aromatic rings. The number of halogens is 1. The Morgan fingerprint density at radius 3 is 2.94 bits per heavy atom. The van der Waals surface area contributed by atoms with Crippen LogP contribution in [0, 0.1) is 0 Å². The Hall–Kier alpha value is -0.910. The average Bonchev–Trinajstić information content (AvgIpc) is 2.86. The number of furan rings is 1. The highest BCUT2D eigenvalue weighted by Crippen LogP contribution is 2.30. The number of rotatable bonds is 5. The summed E-state index contributed by atoms with van der Waals surface area (Å²) in [4.78, 5) is 0. The third-order valence-corrected chi connectivity index (χ3v) is 3.52. The van der Waals surface area contributed by atoms with Crippen LogP contribution in [0.15, 0.2) is 16.7 Å². The van der Waals surface area contributed by atoms with Gasteiger partial charge >= 0.3 is 0 Å². The monoisotopic (exact) mass is 271 g/mol. The second kappa shape index (κ2) is 5.62. The first kappa shape index (κ1) is 12.5. The van der Waals surface area contributed by atoms with E-state index in [0.717, 1.165) is 28.5 Å². The van der Waals surface area contributed by atoms with Crippen LogP contribution >= 0.6 is 22.9 Å². The molecule has 0 atom stereocenters. The van der Waals surface area contributed by atoms with Crippen molar-refractivity contribution in [3.8, 4) is 10.6 Å². The molecule has 2 aromatic heterocycles. The average molecular weight is 272 g/mol. The van der Waals surface area contributed by atoms with Crippen LogP contribution in [0.5, 0.6) is 0 Å². The summed E-state index contributed by atoms with van der Waals surface area (Å²) in [7, 11) is 0. The lowest BCUT2D eigenvalue weighted by Crippen LogP contribution is -2.24. The zero-order valence-corrected chi connectivity index (χ0v) is 11.3. The van der Waals surface area contributed by atoms with Gasteiger partial charge in [0, 0.05) is 19.0 Å². The van der Waals surface area contributed by atoms with Gasteiger partial charge in [0.2, 0.25) is 5.22 Å². The Bertz CT molecular complexity index is 481. The summed E-state index contributed by atoms with van der Waals surface area (Å²) in [6.07, 6.45) is 2.43. The first-order chi connectivity index (χ1) is 8.16. The van der Waals surface area contributed by atoms with Crippen molar-refractivity contribution in [3.63, 3.8) is 0 Å². The third-order valence-electron chi connectivity index (χ3n) is 2.21. The molecule has 0 aliphatic heterocycles. The van der Waals surface area contributed by atoms with Crippen LogP contribution in [0.1, 0.15) is 18.9 Å². The van der Waals surface area contributed by atoms with Crippen molar-refractivity contribution in [2.45, 2.75) is 26.3 Å². The first-order valence-corrected chi connectivity index (χ1v) is 6.65. The van der Waals surface area contributed by atoms with Gasteiger partial charge in [0.15, 0.2) is 5.01 Å². The molecule has 0 bridgehead atoms. The second-order valence-corrected chi connectivity index (χ2v) is 5.37. The highest BCUT2D eigenvalue weighted by atomic mass is 35.5. The number of nitrogens with one attached hydrogen (secondary N) is 1. The fourth-order valence-electron chi connectivity index (χ4n) is 1.38. The van der Waals surface area contributed by atoms with Gasteiger partial charge in [-0.05, 0) is 17.7 Å². The molecule has 0 aromatic carbocycles. The van der Waals surface area contributed by atoms with Crippen LogP contribution in [0.3, 0.4) is 0 Å². The molecule has 0 saturated carbocycles. The van der Waals surface area contributed by atoms with Crippen molar-refractivity contribution in [1.29, 1.82) is 0 Å². The fourth-order valence-corrected chi connectivity index (χ4v) is 2.50. The summed E-state index contributed by atoms with van der Waals surface area (Å²) in [5, 5.41) is 13.8. The van der Waals surface area contributed by atoms with Gasteiger partial charge in [0.05, 0.1) is 11.8 Å². The van der Waals surface area contributed by atoms with E-state index in [4.69, 9.17) is 16.0 Å². The van der Waals surface area contributed by atoms with Crippen LogP contribution in [-0.4, -0.2) is 22.8 Å². The Labute approximate surface area is 109 Å². The number of hydrogen-bond acceptors (Lipinski definition) is 5. The van der Waals surface area contributed by atoms with E-state index in [9.17, 15) is 0 Å². The lowest BCUT2D eigenvalue weighted by atomic mass is 10.3. The van der Waals surface area contributed by atoms with Gasteiger partial charge in [0.1, 0.15) is 5.01 Å². The van der Waals surface area contributed by atoms with Crippen LogP contribution in [0.25, 0.3) is 10.6 Å². The summed E-state index contributed by atoms with van der Waals surface area (Å²) in [5.41, 5.74) is 0.812. The minimum atomic E-state index is 0.369. The molecular formula is C11H14ClN3OS. The molecule has 4 nitrogen and oxygen atoms in total. The smallest absolute Gasteiger partial charge is 0.203 e. The molecule has 0 fully saturated rings. The first-order valence-electron chi connectivity index (χ1n) is 5.46.